The fourth-order valence-electron chi connectivity index (χ4n) is 0.102. The molecule has 0 spiro atoms. The van der Waals surface area contributed by atoms with Crippen molar-refractivity contribution in [3.63, 3.8) is 0 Å². The summed E-state index contributed by atoms with van der Waals surface area (Å²) in [6.07, 6.45) is 1.22. The Kier molecular flexibility index (Phi) is 8.81. The Morgan fingerprint density at radius 2 is 1.90 bits per heavy atom. The molecule has 0 fully saturated rings. The number of rotatable bonds is 1. The third-order valence-electron chi connectivity index (χ3n) is 0.432. The fraction of sp³-hybridized carbons (Fsp3) is 0.333. The van der Waals surface area contributed by atoms with Crippen molar-refractivity contribution < 1.29 is 14.7 Å². The summed E-state index contributed by atoms with van der Waals surface area (Å²) in [5, 5.41) is 9.77. The number of nitrogens with one attached hydrogen (secondary N) is 1. The monoisotopic (exact) mass is 145 g/mol. The number of aliphatic carboxylic acids is 1. The van der Waals surface area contributed by atoms with E-state index in [1.165, 1.54) is 6.08 Å². The second-order valence-corrected chi connectivity index (χ2v) is 1.34. The number of carbonyl (C=O) groups excluding carboxylic acids is 1. The zero-order chi connectivity index (χ0) is 8.57. The number of likely N-dealkylation sites (N-methyl/N-ethyl adjacent to an activating group) is 1. The highest BCUT2D eigenvalue weighted by Gasteiger charge is 1.78. The van der Waals surface area contributed by atoms with Crippen LogP contribution in [0.5, 0.6) is 0 Å². The average molecular weight is 145 g/mol. The molecule has 0 aliphatic rings. The number of amides is 1. The molecule has 0 unspecified atom stereocenters. The van der Waals surface area contributed by atoms with Crippen LogP contribution in [0.3, 0.4) is 0 Å². The number of carboxylic acids is 1. The normalized spacial score (nSPS) is 6.60. The van der Waals surface area contributed by atoms with Gasteiger partial charge in [0.1, 0.15) is 0 Å². The Labute approximate surface area is 59.5 Å². The molecular weight excluding hydrogens is 134 g/mol. The molecule has 0 atom stereocenters. The Morgan fingerprint density at radius 1 is 1.60 bits per heavy atom. The predicted molar refractivity (Wildman–Crippen MR) is 37.6 cm³/mol. The summed E-state index contributed by atoms with van der Waals surface area (Å²) in [6.45, 7) is 4.30. The lowest BCUT2D eigenvalue weighted by Crippen LogP contribution is -2.13. The molecule has 0 aromatic carbocycles. The maximum atomic E-state index is 9.95. The van der Waals surface area contributed by atoms with Gasteiger partial charge in [0.05, 0.1) is 0 Å². The molecule has 1 amide bonds. The van der Waals surface area contributed by atoms with Crippen molar-refractivity contribution in [3.8, 4) is 0 Å². The van der Waals surface area contributed by atoms with Crippen LogP contribution in [0.4, 0.5) is 0 Å². The second-order valence-electron chi connectivity index (χ2n) is 1.34. The highest BCUT2D eigenvalue weighted by atomic mass is 16.4. The Hall–Kier alpha value is -1.32. The van der Waals surface area contributed by atoms with Crippen LogP contribution in [0.15, 0.2) is 12.7 Å². The van der Waals surface area contributed by atoms with Crippen molar-refractivity contribution in [1.29, 1.82) is 0 Å². The van der Waals surface area contributed by atoms with Crippen molar-refractivity contribution >= 4 is 11.9 Å². The van der Waals surface area contributed by atoms with Gasteiger partial charge >= 0.3 is 0 Å². The van der Waals surface area contributed by atoms with Crippen molar-refractivity contribution in [2.45, 2.75) is 6.92 Å². The molecule has 0 aliphatic heterocycles. The van der Waals surface area contributed by atoms with Gasteiger partial charge in [0.25, 0.3) is 5.97 Å². The van der Waals surface area contributed by atoms with Gasteiger partial charge in [0.15, 0.2) is 0 Å². The summed E-state index contributed by atoms with van der Waals surface area (Å²) in [7, 11) is 1.56. The Balaban J connectivity index is 0. The molecule has 2 N–H and O–H groups in total. The van der Waals surface area contributed by atoms with Gasteiger partial charge in [-0.3, -0.25) is 9.59 Å². The Bertz CT molecular complexity index is 127. The topological polar surface area (TPSA) is 66.4 Å². The zero-order valence-electron chi connectivity index (χ0n) is 6.05. The molecule has 4 heteroatoms. The third kappa shape index (κ3) is 30.0. The largest absolute Gasteiger partial charge is 0.481 e. The predicted octanol–water partition coefficient (Wildman–Crippen LogP) is 0.00930. The van der Waals surface area contributed by atoms with Crippen LogP contribution in [-0.4, -0.2) is 24.0 Å². The minimum Gasteiger partial charge on any atom is -0.481 e. The van der Waals surface area contributed by atoms with Crippen LogP contribution in [-0.2, 0) is 9.59 Å². The van der Waals surface area contributed by atoms with E-state index in [0.717, 1.165) is 6.92 Å². The minimum absolute atomic E-state index is 0.144. The van der Waals surface area contributed by atoms with E-state index in [-0.39, 0.29) is 5.91 Å². The molecular formula is C6H11NO3. The number of hydrogen-bond donors (Lipinski definition) is 2. The molecule has 10 heavy (non-hydrogen) atoms. The van der Waals surface area contributed by atoms with Gasteiger partial charge in [0.2, 0.25) is 5.91 Å². The Morgan fingerprint density at radius 3 is 1.90 bits per heavy atom. The first-order chi connectivity index (χ1) is 4.54. The van der Waals surface area contributed by atoms with Crippen LogP contribution in [0.2, 0.25) is 0 Å². The van der Waals surface area contributed by atoms with E-state index in [1.54, 1.807) is 7.05 Å². The molecule has 0 aliphatic carbocycles. The highest BCUT2D eigenvalue weighted by Crippen LogP contribution is 1.56. The van der Waals surface area contributed by atoms with E-state index in [4.69, 9.17) is 9.90 Å². The van der Waals surface area contributed by atoms with Gasteiger partial charge < -0.3 is 10.4 Å². The summed E-state index contributed by atoms with van der Waals surface area (Å²) in [5.74, 6) is -0.977. The van der Waals surface area contributed by atoms with Crippen LogP contribution >= 0.6 is 0 Å². The van der Waals surface area contributed by atoms with E-state index in [0.29, 0.717) is 0 Å². The molecule has 0 aromatic heterocycles. The van der Waals surface area contributed by atoms with Gasteiger partial charge in [-0.1, -0.05) is 6.58 Å². The maximum absolute atomic E-state index is 9.95. The molecule has 0 heterocycles. The van der Waals surface area contributed by atoms with Crippen LogP contribution in [0.1, 0.15) is 6.92 Å². The first-order valence-electron chi connectivity index (χ1n) is 2.58. The molecule has 0 aromatic rings. The van der Waals surface area contributed by atoms with E-state index in [2.05, 4.69) is 11.9 Å². The quantitative estimate of drug-likeness (QED) is 0.511. The molecule has 4 nitrogen and oxygen atoms in total. The van der Waals surface area contributed by atoms with E-state index in [9.17, 15) is 4.79 Å². The van der Waals surface area contributed by atoms with Crippen molar-refractivity contribution in [2.24, 2.45) is 0 Å². The summed E-state index contributed by atoms with van der Waals surface area (Å²) in [5.41, 5.74) is 0. The summed E-state index contributed by atoms with van der Waals surface area (Å²) in [6, 6.07) is 0. The summed E-state index contributed by atoms with van der Waals surface area (Å²) >= 11 is 0. The second kappa shape index (κ2) is 7.68. The third-order valence-corrected chi connectivity index (χ3v) is 0.432. The van der Waals surface area contributed by atoms with Crippen molar-refractivity contribution in [3.05, 3.63) is 12.7 Å². The van der Waals surface area contributed by atoms with Crippen molar-refractivity contribution in [1.82, 2.24) is 5.32 Å². The lowest BCUT2D eigenvalue weighted by atomic mass is 10.6. The van der Waals surface area contributed by atoms with Crippen LogP contribution < -0.4 is 5.32 Å². The van der Waals surface area contributed by atoms with Crippen LogP contribution in [0, 0.1) is 0 Å². The van der Waals surface area contributed by atoms with E-state index in [1.807, 2.05) is 0 Å². The number of carboxylic acid groups (broad SMARTS) is 1. The first kappa shape index (κ1) is 11.5. The average Bonchev–Trinajstić information content (AvgIpc) is 1.85. The van der Waals surface area contributed by atoms with Gasteiger partial charge in [-0.25, -0.2) is 0 Å². The van der Waals surface area contributed by atoms with Gasteiger partial charge in [-0.05, 0) is 6.08 Å². The van der Waals surface area contributed by atoms with Gasteiger partial charge in [-0.15, -0.1) is 0 Å². The van der Waals surface area contributed by atoms with E-state index < -0.39 is 5.97 Å². The minimum atomic E-state index is -0.833. The zero-order valence-corrected chi connectivity index (χ0v) is 6.05. The molecule has 0 bridgehead atoms. The SMILES string of the molecule is C=CC(=O)NC.CC(=O)O. The molecule has 0 rings (SSSR count). The lowest BCUT2D eigenvalue weighted by molar-refractivity contribution is -0.134. The van der Waals surface area contributed by atoms with Gasteiger partial charge in [0, 0.05) is 14.0 Å². The molecule has 0 radical (unpaired) electrons. The smallest absolute Gasteiger partial charge is 0.300 e. The first-order valence-corrected chi connectivity index (χ1v) is 2.58. The van der Waals surface area contributed by atoms with Crippen LogP contribution in [0.25, 0.3) is 0 Å². The number of carbonyl (C=O) groups is 2. The fourth-order valence-corrected chi connectivity index (χ4v) is 0.102. The number of hydrogen-bond acceptors (Lipinski definition) is 2. The lowest BCUT2D eigenvalue weighted by Gasteiger charge is -1.82. The maximum Gasteiger partial charge on any atom is 0.300 e. The summed E-state index contributed by atoms with van der Waals surface area (Å²) in [4.78, 5) is 19.0. The van der Waals surface area contributed by atoms with Gasteiger partial charge in [-0.2, -0.15) is 0 Å². The van der Waals surface area contributed by atoms with Crippen molar-refractivity contribution in [2.75, 3.05) is 7.05 Å². The molecule has 0 saturated carbocycles. The highest BCUT2D eigenvalue weighted by molar-refractivity contribution is 5.86. The standard InChI is InChI=1S/C4H7NO.C2H4O2/c1-3-4(6)5-2;1-2(3)4/h3H,1H2,2H3,(H,5,6);1H3,(H,3,4). The molecule has 58 valence electrons. The molecule has 0 saturated heterocycles. The summed E-state index contributed by atoms with van der Waals surface area (Å²) < 4.78 is 0. The van der Waals surface area contributed by atoms with E-state index >= 15 is 0 Å².